The van der Waals surface area contributed by atoms with Gasteiger partial charge in [0.15, 0.2) is 0 Å². The van der Waals surface area contributed by atoms with Crippen molar-refractivity contribution in [3.8, 4) is 45.5 Å². The minimum atomic E-state index is -0.372. The molecule has 0 fully saturated rings. The highest BCUT2D eigenvalue weighted by molar-refractivity contribution is 6.28. The molecule has 11 aromatic rings. The van der Waals surface area contributed by atoms with Crippen molar-refractivity contribution in [2.75, 3.05) is 9.80 Å². The Hall–Kier alpha value is -9.62. The van der Waals surface area contributed by atoms with Gasteiger partial charge in [0.25, 0.3) is 0 Å². The van der Waals surface area contributed by atoms with Crippen molar-refractivity contribution >= 4 is 72.0 Å². The molecule has 4 nitrogen and oxygen atoms in total. The number of hydrogen-bond acceptors (Lipinski definition) is 4. The molecule has 11 aromatic carbocycles. The monoisotopic (exact) mass is 958 g/mol. The molecule has 74 heavy (non-hydrogen) atoms. The fraction of sp³-hybridized carbons (Fsp3) is 0.0588. The molecular weight excluding hydrogens is 911 g/mol. The van der Waals surface area contributed by atoms with Crippen LogP contribution in [0.2, 0.25) is 0 Å². The third-order valence-corrected chi connectivity index (χ3v) is 13.8. The molecule has 0 spiro atoms. The molecule has 0 unspecified atom stereocenters. The van der Waals surface area contributed by atoms with Crippen LogP contribution in [0.3, 0.4) is 0 Å². The zero-order valence-corrected chi connectivity index (χ0v) is 40.9. The van der Waals surface area contributed by atoms with E-state index in [0.29, 0.717) is 33.9 Å². The summed E-state index contributed by atoms with van der Waals surface area (Å²) in [6, 6.07) is 73.5. The quantitative estimate of drug-likeness (QED) is 0.128. The molecular formula is C68H48F2N4. The Morgan fingerprint density at radius 2 is 0.851 bits per heavy atom. The third-order valence-electron chi connectivity index (χ3n) is 13.8. The minimum absolute atomic E-state index is 0.367. The first-order valence-corrected chi connectivity index (χ1v) is 25.0. The SMILES string of the molecule is CC.N#Cc1cc(C2=CC=CCC2)cc(-c2ccccc2)c1N(c1ccc(F)cc1)c1ccc2ccc3c(N(c4ccc(F)cc4)c4c(C#N)cc(-c5ccccc5)cc4-c4ccccc4)ccc4ccc1c2c43. The van der Waals surface area contributed by atoms with Crippen LogP contribution in [0, 0.1) is 34.3 Å². The van der Waals surface area contributed by atoms with Crippen molar-refractivity contribution in [3.05, 3.63) is 259 Å². The van der Waals surface area contributed by atoms with Crippen LogP contribution in [0.15, 0.2) is 231 Å². The Kier molecular flexibility index (Phi) is 12.8. The van der Waals surface area contributed by atoms with E-state index in [2.05, 4.69) is 125 Å². The first-order valence-electron chi connectivity index (χ1n) is 25.0. The summed E-state index contributed by atoms with van der Waals surface area (Å²) in [6.45, 7) is 4.00. The summed E-state index contributed by atoms with van der Waals surface area (Å²) >= 11 is 0. The third kappa shape index (κ3) is 8.49. The van der Waals surface area contributed by atoms with Gasteiger partial charge in [0, 0.05) is 33.3 Å². The van der Waals surface area contributed by atoms with Gasteiger partial charge < -0.3 is 9.80 Å². The smallest absolute Gasteiger partial charge is 0.123 e. The van der Waals surface area contributed by atoms with Crippen LogP contribution >= 0.6 is 0 Å². The van der Waals surface area contributed by atoms with Gasteiger partial charge in [-0.15, -0.1) is 0 Å². The fourth-order valence-electron chi connectivity index (χ4n) is 10.5. The lowest BCUT2D eigenvalue weighted by atomic mass is 9.89. The van der Waals surface area contributed by atoms with E-state index in [-0.39, 0.29) is 11.6 Å². The Morgan fingerprint density at radius 1 is 0.432 bits per heavy atom. The maximum Gasteiger partial charge on any atom is 0.123 e. The molecule has 0 amide bonds. The van der Waals surface area contributed by atoms with Crippen LogP contribution in [0.4, 0.5) is 42.9 Å². The molecule has 1 aliphatic carbocycles. The van der Waals surface area contributed by atoms with Crippen molar-refractivity contribution in [1.29, 1.82) is 10.5 Å². The molecule has 0 aromatic heterocycles. The van der Waals surface area contributed by atoms with E-state index in [0.717, 1.165) is 101 Å². The second kappa shape index (κ2) is 20.2. The van der Waals surface area contributed by atoms with Crippen LogP contribution in [0.5, 0.6) is 0 Å². The van der Waals surface area contributed by atoms with E-state index in [1.165, 1.54) is 24.3 Å². The van der Waals surface area contributed by atoms with Crippen LogP contribution in [0.25, 0.3) is 71.3 Å². The maximum atomic E-state index is 14.9. The van der Waals surface area contributed by atoms with Gasteiger partial charge in [-0.2, -0.15) is 10.5 Å². The Balaban J connectivity index is 0.00000291. The van der Waals surface area contributed by atoms with Gasteiger partial charge in [-0.1, -0.05) is 159 Å². The number of benzene rings is 11. The highest BCUT2D eigenvalue weighted by Crippen LogP contribution is 2.52. The first-order chi connectivity index (χ1) is 36.4. The summed E-state index contributed by atoms with van der Waals surface area (Å²) in [5.74, 6) is -0.739. The van der Waals surface area contributed by atoms with Gasteiger partial charge >= 0.3 is 0 Å². The van der Waals surface area contributed by atoms with E-state index < -0.39 is 0 Å². The zero-order valence-electron chi connectivity index (χ0n) is 40.9. The molecule has 0 aliphatic heterocycles. The number of rotatable bonds is 10. The molecule has 0 radical (unpaired) electrons. The Morgan fingerprint density at radius 3 is 1.28 bits per heavy atom. The summed E-state index contributed by atoms with van der Waals surface area (Å²) in [7, 11) is 0. The second-order valence-electron chi connectivity index (χ2n) is 18.0. The highest BCUT2D eigenvalue weighted by Gasteiger charge is 2.28. The topological polar surface area (TPSA) is 54.1 Å². The van der Waals surface area contributed by atoms with Gasteiger partial charge in [-0.3, -0.25) is 0 Å². The van der Waals surface area contributed by atoms with E-state index in [9.17, 15) is 19.3 Å². The molecule has 0 saturated carbocycles. The number of halogens is 2. The number of nitrogens with zero attached hydrogens (tertiary/aromatic N) is 4. The molecule has 0 heterocycles. The van der Waals surface area contributed by atoms with Crippen LogP contribution in [-0.4, -0.2) is 0 Å². The van der Waals surface area contributed by atoms with Crippen LogP contribution in [-0.2, 0) is 0 Å². The Bertz CT molecular complexity index is 4000. The summed E-state index contributed by atoms with van der Waals surface area (Å²) < 4.78 is 29.9. The highest BCUT2D eigenvalue weighted by atomic mass is 19.1. The minimum Gasteiger partial charge on any atom is -0.308 e. The van der Waals surface area contributed by atoms with Crippen molar-refractivity contribution in [3.63, 3.8) is 0 Å². The largest absolute Gasteiger partial charge is 0.308 e. The number of allylic oxidation sites excluding steroid dienone is 4. The lowest BCUT2D eigenvalue weighted by Gasteiger charge is -2.32. The molecule has 6 heteroatoms. The summed E-state index contributed by atoms with van der Waals surface area (Å²) in [6.07, 6.45) is 8.13. The Labute approximate surface area is 430 Å². The molecule has 0 bridgehead atoms. The van der Waals surface area contributed by atoms with Gasteiger partial charge in [0.2, 0.25) is 0 Å². The average molecular weight is 959 g/mol. The van der Waals surface area contributed by atoms with Gasteiger partial charge in [0.05, 0.1) is 33.9 Å². The normalized spacial score (nSPS) is 11.9. The van der Waals surface area contributed by atoms with Gasteiger partial charge in [-0.25, -0.2) is 8.78 Å². The second-order valence-corrected chi connectivity index (χ2v) is 18.0. The van der Waals surface area contributed by atoms with E-state index in [1.807, 2.05) is 92.7 Å². The van der Waals surface area contributed by atoms with E-state index in [4.69, 9.17) is 0 Å². The first kappa shape index (κ1) is 46.7. The van der Waals surface area contributed by atoms with Crippen LogP contribution in [0.1, 0.15) is 43.4 Å². The lowest BCUT2D eigenvalue weighted by molar-refractivity contribution is 0.627. The van der Waals surface area contributed by atoms with Crippen LogP contribution < -0.4 is 9.80 Å². The maximum absolute atomic E-state index is 14.9. The van der Waals surface area contributed by atoms with Crippen molar-refractivity contribution in [2.24, 2.45) is 0 Å². The zero-order chi connectivity index (χ0) is 50.7. The number of hydrogen-bond donors (Lipinski definition) is 0. The van der Waals surface area contributed by atoms with E-state index in [1.54, 1.807) is 24.3 Å². The van der Waals surface area contributed by atoms with Gasteiger partial charge in [0.1, 0.15) is 23.8 Å². The number of nitriles is 2. The van der Waals surface area contributed by atoms with E-state index >= 15 is 0 Å². The average Bonchev–Trinajstić information content (AvgIpc) is 3.48. The number of anilines is 6. The fourth-order valence-corrected chi connectivity index (χ4v) is 10.5. The predicted octanol–water partition coefficient (Wildman–Crippen LogP) is 19.3. The van der Waals surface area contributed by atoms with Crippen molar-refractivity contribution in [1.82, 2.24) is 0 Å². The molecule has 0 atom stereocenters. The van der Waals surface area contributed by atoms with Crippen molar-refractivity contribution in [2.45, 2.75) is 26.7 Å². The molecule has 0 N–H and O–H groups in total. The molecule has 1 aliphatic rings. The summed E-state index contributed by atoms with van der Waals surface area (Å²) in [5, 5.41) is 28.2. The standard InChI is InChI=1S/C66H42F2N4.C2H6/c67-53-25-29-55(30-26-53)71(65-51(41-69)37-49(43-13-5-1-6-14-43)39-59(65)45-17-9-3-10-18-45)61-35-23-47-22-34-58-62(36-24-48-21-33-57(61)63(47)64(48)58)72(56-31-27-54(68)28-32-56)66-52(42-70)38-50(44-15-7-2-8-16-44)40-60(66)46-19-11-4-12-20-46;1-2/h1-7,9-15,17-40H,8,16H2;1-2H3. The molecule has 12 rings (SSSR count). The van der Waals surface area contributed by atoms with Crippen molar-refractivity contribution < 1.29 is 8.78 Å². The predicted molar refractivity (Wildman–Crippen MR) is 303 cm³/mol. The molecule has 0 saturated heterocycles. The molecule has 354 valence electrons. The van der Waals surface area contributed by atoms with Gasteiger partial charge in [-0.05, 0) is 153 Å². The lowest BCUT2D eigenvalue weighted by Crippen LogP contribution is -2.15. The summed E-state index contributed by atoms with van der Waals surface area (Å²) in [5.41, 5.74) is 12.8. The summed E-state index contributed by atoms with van der Waals surface area (Å²) in [4.78, 5) is 4.20.